The first-order chi connectivity index (χ1) is 3.15. The van der Waals surface area contributed by atoms with Gasteiger partial charge in [-0.25, -0.2) is 19.6 Å². The van der Waals surface area contributed by atoms with E-state index in [0.29, 0.717) is 0 Å². The number of hydrogen-bond donors (Lipinski definition) is 0. The summed E-state index contributed by atoms with van der Waals surface area (Å²) in [5.41, 5.74) is 0. The summed E-state index contributed by atoms with van der Waals surface area (Å²) < 4.78 is 0. The van der Waals surface area contributed by atoms with Crippen molar-refractivity contribution in [1.82, 2.24) is 0 Å². The van der Waals surface area contributed by atoms with Crippen molar-refractivity contribution in [2.75, 3.05) is 0 Å². The Morgan fingerprint density at radius 1 is 1.43 bits per heavy atom. The molecule has 0 aromatic carbocycles. The van der Waals surface area contributed by atoms with Gasteiger partial charge in [-0.05, 0) is 0 Å². The van der Waals surface area contributed by atoms with Crippen LogP contribution in [0.25, 0.3) is 0 Å². The zero-order chi connectivity index (χ0) is 6.28. The van der Waals surface area contributed by atoms with Gasteiger partial charge in [0.1, 0.15) is 0 Å². The number of hydrogen-bond acceptors (Lipinski definition) is 0. The summed E-state index contributed by atoms with van der Waals surface area (Å²) >= 11 is 7.45. The van der Waals surface area contributed by atoms with E-state index < -0.39 is 6.63 Å². The van der Waals surface area contributed by atoms with E-state index in [4.69, 9.17) is 0 Å². The Balaban J connectivity index is 0. The van der Waals surface area contributed by atoms with Gasteiger partial charge in [0.2, 0.25) is 0 Å². The molecule has 7 heavy (non-hydrogen) atoms. The molecule has 0 aliphatic carbocycles. The first-order valence-electron chi connectivity index (χ1n) is 1.38. The van der Waals surface area contributed by atoms with Crippen molar-refractivity contribution in [2.45, 2.75) is 0 Å². The number of allylic oxidation sites excluding steroid dienone is 1. The molecule has 0 heterocycles. The van der Waals surface area contributed by atoms with Gasteiger partial charge in [0.05, 0.1) is 0 Å². The fourth-order valence-corrected chi connectivity index (χ4v) is 0. The fourth-order valence-electron chi connectivity index (χ4n) is 0. The fraction of sp³-hybridized carbons (Fsp3) is 0. The average Bonchev–Trinajstić information content (AvgIpc) is 1.33. The normalized spacial score (nSPS) is 5.57. The molecule has 0 spiro atoms. The molecule has 0 nitrogen and oxygen atoms in total. The van der Waals surface area contributed by atoms with E-state index in [0.717, 1.165) is 0 Å². The second kappa shape index (κ2) is 11.3. The third-order valence-electron chi connectivity index (χ3n) is 0. The zero-order valence-corrected chi connectivity index (χ0v) is 11.7. The molecule has 4 heteroatoms. The summed E-state index contributed by atoms with van der Waals surface area (Å²) in [5.74, 6) is 0. The maximum absolute atomic E-state index is 3.25. The Morgan fingerprint density at radius 3 is 1.43 bits per heavy atom. The van der Waals surface area contributed by atoms with Crippen LogP contribution in [0.3, 0.4) is 0 Å². The van der Waals surface area contributed by atoms with Crippen molar-refractivity contribution in [3.63, 3.8) is 0 Å². The molecule has 0 aromatic heterocycles. The van der Waals surface area contributed by atoms with E-state index in [-0.39, 0.29) is 0 Å². The Hall–Kier alpha value is 2.51. The van der Waals surface area contributed by atoms with Crippen molar-refractivity contribution in [1.29, 1.82) is 0 Å². The standard InChI is InChI=1S/C3H5.3HI.Ti/c1-3-2;;;;/h3H,1-2H2;3*1H;/q-1;;;;+4/p-3. The van der Waals surface area contributed by atoms with Crippen molar-refractivity contribution in [2.24, 2.45) is 0 Å². The third-order valence-corrected chi connectivity index (χ3v) is 0. The second-order valence-electron chi connectivity index (χ2n) is 0.503. The first kappa shape index (κ1) is 12.2. The van der Waals surface area contributed by atoms with Gasteiger partial charge in [-0.15, -0.1) is 0 Å². The Morgan fingerprint density at radius 2 is 1.43 bits per heavy atom. The van der Waals surface area contributed by atoms with Crippen LogP contribution in [0.4, 0.5) is 0 Å². The van der Waals surface area contributed by atoms with Crippen LogP contribution >= 0.6 is 57.6 Å². The van der Waals surface area contributed by atoms with Gasteiger partial charge >= 0.3 is 64.2 Å². The topological polar surface area (TPSA) is 0 Å². The van der Waals surface area contributed by atoms with Crippen molar-refractivity contribution in [3.8, 4) is 0 Å². The molecule has 0 radical (unpaired) electrons. The molecule has 0 atom stereocenters. The summed E-state index contributed by atoms with van der Waals surface area (Å²) in [5, 5.41) is 0. The van der Waals surface area contributed by atoms with Crippen LogP contribution in [0.15, 0.2) is 12.7 Å². The molecule has 0 saturated heterocycles. The van der Waals surface area contributed by atoms with E-state index in [1.807, 2.05) is 0 Å². The van der Waals surface area contributed by atoms with Gasteiger partial charge in [-0.1, -0.05) is 0 Å². The molecule has 0 aliphatic heterocycles. The molecule has 0 bridgehead atoms. The van der Waals surface area contributed by atoms with Gasteiger partial charge in [-0.3, -0.25) is 0 Å². The van der Waals surface area contributed by atoms with Crippen LogP contribution in [-0.2, 0) is 6.63 Å². The molecule has 0 saturated carbocycles. The van der Waals surface area contributed by atoms with Crippen molar-refractivity contribution < 1.29 is 6.63 Å². The van der Waals surface area contributed by atoms with Gasteiger partial charge in [0.15, 0.2) is 0 Å². The van der Waals surface area contributed by atoms with Crippen molar-refractivity contribution in [3.05, 3.63) is 19.6 Å². The van der Waals surface area contributed by atoms with E-state index in [2.05, 4.69) is 71.1 Å². The van der Waals surface area contributed by atoms with E-state index in [1.54, 1.807) is 0 Å². The van der Waals surface area contributed by atoms with Gasteiger partial charge in [0.25, 0.3) is 0 Å². The van der Waals surface area contributed by atoms with Crippen LogP contribution < -0.4 is 0 Å². The predicted molar refractivity (Wildman–Crippen MR) is 57.6 cm³/mol. The summed E-state index contributed by atoms with van der Waals surface area (Å²) in [6, 6.07) is 0. The maximum atomic E-state index is 3.25. The van der Waals surface area contributed by atoms with Gasteiger partial charge in [-0.2, -0.15) is 0 Å². The molecule has 0 aromatic rings. The van der Waals surface area contributed by atoms with E-state index in [1.165, 1.54) is 6.08 Å². The summed E-state index contributed by atoms with van der Waals surface area (Å²) in [6.07, 6.45) is 1.50. The van der Waals surface area contributed by atoms with Crippen LogP contribution in [-0.4, -0.2) is 0 Å². The van der Waals surface area contributed by atoms with Crippen LogP contribution in [0.2, 0.25) is 0 Å². The minimum atomic E-state index is -0.423. The third kappa shape index (κ3) is 57.2. The van der Waals surface area contributed by atoms with Crippen LogP contribution in [0.1, 0.15) is 0 Å². The molecule has 0 unspecified atom stereocenters. The van der Waals surface area contributed by atoms with E-state index >= 15 is 0 Å². The molecule has 0 amide bonds. The molecule has 0 rings (SSSR count). The second-order valence-corrected chi connectivity index (χ2v) is 40.0. The first-order valence-corrected chi connectivity index (χ1v) is 16.5. The SMILES string of the molecule is C=C[CH2-].[I][Ti+]([I])[I]. The predicted octanol–water partition coefficient (Wildman–Crippen LogP) is 3.66. The quantitative estimate of drug-likeness (QED) is 0.289. The summed E-state index contributed by atoms with van der Waals surface area (Å²) in [4.78, 5) is 0. The molecular formula is C3H5I3Ti. The molecule has 0 aliphatic rings. The Kier molecular flexibility index (Phi) is 19.8. The van der Waals surface area contributed by atoms with Gasteiger partial charge in [0, 0.05) is 0 Å². The Bertz CT molecular complexity index is 34.4. The summed E-state index contributed by atoms with van der Waals surface area (Å²) in [7, 11) is 0. The number of halogens is 3. The van der Waals surface area contributed by atoms with Crippen molar-refractivity contribution >= 4 is 57.6 Å². The monoisotopic (exact) mass is 470 g/mol. The zero-order valence-electron chi connectivity index (χ0n) is 3.63. The molecule has 0 fully saturated rings. The molecule has 42 valence electrons. The van der Waals surface area contributed by atoms with Crippen LogP contribution in [0.5, 0.6) is 0 Å². The average molecular weight is 470 g/mol. The molecular weight excluding hydrogens is 465 g/mol. The van der Waals surface area contributed by atoms with Gasteiger partial charge < -0.3 is 0 Å². The van der Waals surface area contributed by atoms with Crippen LogP contribution in [0, 0.1) is 6.92 Å². The van der Waals surface area contributed by atoms with E-state index in [9.17, 15) is 0 Å². The molecule has 0 N–H and O–H groups in total. The minimum absolute atomic E-state index is 0.423. The summed E-state index contributed by atoms with van der Waals surface area (Å²) in [6.45, 7) is 6.08. The Labute approximate surface area is 81.8 Å². The number of rotatable bonds is 0.